The largest absolute Gasteiger partial charge is 0.480 e. The molecule has 0 radical (unpaired) electrons. The molecule has 0 aliphatic carbocycles. The minimum atomic E-state index is -1.45. The zero-order chi connectivity index (χ0) is 21.1. The summed E-state index contributed by atoms with van der Waals surface area (Å²) in [5.74, 6) is -3.43. The van der Waals surface area contributed by atoms with Crippen LogP contribution in [0, 0.1) is 11.8 Å². The van der Waals surface area contributed by atoms with Crippen LogP contribution in [0.3, 0.4) is 0 Å². The van der Waals surface area contributed by atoms with Crippen LogP contribution in [0.1, 0.15) is 40.5 Å². The highest BCUT2D eigenvalue weighted by molar-refractivity contribution is 5.92. The lowest BCUT2D eigenvalue weighted by molar-refractivity contribution is -0.142. The van der Waals surface area contributed by atoms with E-state index in [2.05, 4.69) is 16.0 Å². The van der Waals surface area contributed by atoms with Gasteiger partial charge in [0.15, 0.2) is 0 Å². The first-order chi connectivity index (χ1) is 12.6. The number of amides is 3. The van der Waals surface area contributed by atoms with E-state index in [1.165, 1.54) is 0 Å². The van der Waals surface area contributed by atoms with E-state index in [1.54, 1.807) is 6.92 Å². The van der Waals surface area contributed by atoms with Crippen LogP contribution >= 0.6 is 0 Å². The topological polar surface area (TPSA) is 171 Å². The van der Waals surface area contributed by atoms with Crippen LogP contribution < -0.4 is 21.7 Å². The molecule has 5 unspecified atom stereocenters. The van der Waals surface area contributed by atoms with Gasteiger partial charge in [-0.1, -0.05) is 40.5 Å². The van der Waals surface area contributed by atoms with Crippen molar-refractivity contribution in [3.05, 3.63) is 0 Å². The monoisotopic (exact) mass is 388 g/mol. The number of carboxylic acid groups (broad SMARTS) is 1. The Labute approximate surface area is 159 Å². The van der Waals surface area contributed by atoms with Crippen molar-refractivity contribution in [3.8, 4) is 0 Å². The lowest BCUT2D eigenvalue weighted by Crippen LogP contribution is -2.56. The molecule has 0 saturated carbocycles. The van der Waals surface area contributed by atoms with Gasteiger partial charge in [-0.15, -0.1) is 0 Å². The summed E-state index contributed by atoms with van der Waals surface area (Å²) in [6.07, 6.45) is 1.32. The van der Waals surface area contributed by atoms with Crippen molar-refractivity contribution in [1.82, 2.24) is 16.0 Å². The van der Waals surface area contributed by atoms with Gasteiger partial charge in [-0.05, 0) is 11.8 Å². The van der Waals surface area contributed by atoms with Crippen molar-refractivity contribution in [2.45, 2.75) is 58.7 Å². The minimum absolute atomic E-state index is 0.0529. The Bertz CT molecular complexity index is 528. The highest BCUT2D eigenvalue weighted by Crippen LogP contribution is 2.10. The normalized spacial score (nSPS) is 16.4. The molecular formula is C17H32N4O6. The van der Waals surface area contributed by atoms with Crippen LogP contribution in [0.25, 0.3) is 0 Å². The molecular weight excluding hydrogens is 356 g/mol. The molecule has 0 bridgehead atoms. The molecule has 0 heterocycles. The van der Waals surface area contributed by atoms with E-state index in [0.29, 0.717) is 12.8 Å². The van der Waals surface area contributed by atoms with E-state index in [9.17, 15) is 19.2 Å². The molecule has 0 aliphatic rings. The maximum Gasteiger partial charge on any atom is 0.328 e. The third-order valence-electron chi connectivity index (χ3n) is 4.59. The van der Waals surface area contributed by atoms with Crippen molar-refractivity contribution >= 4 is 23.7 Å². The summed E-state index contributed by atoms with van der Waals surface area (Å²) in [5.41, 5.74) is 5.89. The Balaban J connectivity index is 4.87. The zero-order valence-electron chi connectivity index (χ0n) is 16.3. The molecule has 10 heteroatoms. The van der Waals surface area contributed by atoms with E-state index >= 15 is 0 Å². The fraction of sp³-hybridized carbons (Fsp3) is 0.765. The third kappa shape index (κ3) is 8.35. The van der Waals surface area contributed by atoms with Gasteiger partial charge in [0, 0.05) is 0 Å². The van der Waals surface area contributed by atoms with E-state index < -0.39 is 55.0 Å². The van der Waals surface area contributed by atoms with E-state index in [-0.39, 0.29) is 11.8 Å². The van der Waals surface area contributed by atoms with Gasteiger partial charge in [-0.2, -0.15) is 0 Å². The Morgan fingerprint density at radius 3 is 1.96 bits per heavy atom. The average Bonchev–Trinajstić information content (AvgIpc) is 2.65. The average molecular weight is 388 g/mol. The van der Waals surface area contributed by atoms with Crippen molar-refractivity contribution < 1.29 is 29.4 Å². The van der Waals surface area contributed by atoms with Gasteiger partial charge in [0.25, 0.3) is 0 Å². The van der Waals surface area contributed by atoms with Crippen LogP contribution in [0.5, 0.6) is 0 Å². The fourth-order valence-electron chi connectivity index (χ4n) is 2.17. The number of nitrogens with one attached hydrogen (secondary N) is 3. The molecule has 27 heavy (non-hydrogen) atoms. The second-order valence-electron chi connectivity index (χ2n) is 6.64. The maximum absolute atomic E-state index is 12.4. The Morgan fingerprint density at radius 1 is 0.963 bits per heavy atom. The molecule has 0 aliphatic heterocycles. The molecule has 7 N–H and O–H groups in total. The van der Waals surface area contributed by atoms with Gasteiger partial charge in [0.05, 0.1) is 19.2 Å². The second kappa shape index (κ2) is 12.2. The number of hydrogen-bond donors (Lipinski definition) is 6. The summed E-state index contributed by atoms with van der Waals surface area (Å²) < 4.78 is 0. The number of hydrogen-bond acceptors (Lipinski definition) is 6. The Hall–Kier alpha value is -2.20. The first-order valence-electron chi connectivity index (χ1n) is 9.05. The number of rotatable bonds is 12. The molecule has 5 atom stereocenters. The molecule has 0 aromatic carbocycles. The predicted octanol–water partition coefficient (Wildman–Crippen LogP) is -1.43. The molecule has 156 valence electrons. The van der Waals surface area contributed by atoms with Crippen molar-refractivity contribution in [2.24, 2.45) is 17.6 Å². The Kier molecular flexibility index (Phi) is 11.2. The first-order valence-corrected chi connectivity index (χ1v) is 9.05. The molecule has 0 fully saturated rings. The van der Waals surface area contributed by atoms with Gasteiger partial charge in [0.2, 0.25) is 17.7 Å². The SMILES string of the molecule is CCC(C)C(N)C(=O)NC(C(=O)NCC(=O)NC(CO)C(=O)O)C(C)CC. The molecule has 0 aromatic rings. The van der Waals surface area contributed by atoms with Gasteiger partial charge >= 0.3 is 5.97 Å². The van der Waals surface area contributed by atoms with Crippen LogP contribution in [-0.4, -0.2) is 65.2 Å². The number of carbonyl (C=O) groups is 4. The van der Waals surface area contributed by atoms with Crippen LogP contribution in [0.4, 0.5) is 0 Å². The van der Waals surface area contributed by atoms with Gasteiger partial charge in [-0.25, -0.2) is 4.79 Å². The molecule has 0 aromatic heterocycles. The van der Waals surface area contributed by atoms with Crippen LogP contribution in [-0.2, 0) is 19.2 Å². The highest BCUT2D eigenvalue weighted by Gasteiger charge is 2.29. The molecule has 10 nitrogen and oxygen atoms in total. The van der Waals surface area contributed by atoms with Crippen molar-refractivity contribution in [2.75, 3.05) is 13.2 Å². The number of aliphatic carboxylic acids is 1. The number of aliphatic hydroxyl groups excluding tert-OH is 1. The van der Waals surface area contributed by atoms with Gasteiger partial charge in [0.1, 0.15) is 12.1 Å². The quantitative estimate of drug-likeness (QED) is 0.238. The van der Waals surface area contributed by atoms with E-state index in [4.69, 9.17) is 15.9 Å². The zero-order valence-corrected chi connectivity index (χ0v) is 16.3. The number of carboxylic acids is 1. The summed E-state index contributed by atoms with van der Waals surface area (Å²) in [6, 6.07) is -3.08. The summed E-state index contributed by atoms with van der Waals surface area (Å²) in [4.78, 5) is 47.2. The summed E-state index contributed by atoms with van der Waals surface area (Å²) in [5, 5.41) is 24.8. The summed E-state index contributed by atoms with van der Waals surface area (Å²) in [6.45, 7) is 6.14. The smallest absolute Gasteiger partial charge is 0.328 e. The fourth-order valence-corrected chi connectivity index (χ4v) is 2.17. The van der Waals surface area contributed by atoms with Crippen LogP contribution in [0.2, 0.25) is 0 Å². The summed E-state index contributed by atoms with van der Waals surface area (Å²) in [7, 11) is 0. The standard InChI is InChI=1S/C17H32N4O6/c1-5-9(3)13(18)15(24)21-14(10(4)6-2)16(25)19-7-12(23)20-11(8-22)17(26)27/h9-11,13-14,22H,5-8,18H2,1-4H3,(H,19,25)(H,20,23)(H,21,24)(H,26,27). The lowest BCUT2D eigenvalue weighted by Gasteiger charge is -2.26. The Morgan fingerprint density at radius 2 is 1.52 bits per heavy atom. The van der Waals surface area contributed by atoms with Crippen LogP contribution in [0.15, 0.2) is 0 Å². The van der Waals surface area contributed by atoms with E-state index in [1.807, 2.05) is 20.8 Å². The second-order valence-corrected chi connectivity index (χ2v) is 6.64. The summed E-state index contributed by atoms with van der Waals surface area (Å²) >= 11 is 0. The molecule has 3 amide bonds. The van der Waals surface area contributed by atoms with Crippen molar-refractivity contribution in [3.63, 3.8) is 0 Å². The predicted molar refractivity (Wildman–Crippen MR) is 98.5 cm³/mol. The van der Waals surface area contributed by atoms with Gasteiger partial charge in [-0.3, -0.25) is 14.4 Å². The van der Waals surface area contributed by atoms with Gasteiger partial charge < -0.3 is 31.9 Å². The minimum Gasteiger partial charge on any atom is -0.480 e. The highest BCUT2D eigenvalue weighted by atomic mass is 16.4. The number of nitrogens with two attached hydrogens (primary N) is 1. The van der Waals surface area contributed by atoms with E-state index in [0.717, 1.165) is 0 Å². The third-order valence-corrected chi connectivity index (χ3v) is 4.59. The van der Waals surface area contributed by atoms with Crippen molar-refractivity contribution in [1.29, 1.82) is 0 Å². The molecule has 0 rings (SSSR count). The maximum atomic E-state index is 12.4. The first kappa shape index (κ1) is 24.8. The number of carbonyl (C=O) groups excluding carboxylic acids is 3. The molecule has 0 saturated heterocycles. The molecule has 0 spiro atoms. The lowest BCUT2D eigenvalue weighted by atomic mass is 9.95. The number of aliphatic hydroxyl groups is 1.